The summed E-state index contributed by atoms with van der Waals surface area (Å²) in [6.07, 6.45) is 1.86. The van der Waals surface area contributed by atoms with Gasteiger partial charge in [-0.15, -0.1) is 0 Å². The lowest BCUT2D eigenvalue weighted by atomic mass is 10.1. The van der Waals surface area contributed by atoms with Crippen LogP contribution < -0.4 is 11.1 Å². The van der Waals surface area contributed by atoms with Crippen LogP contribution in [0, 0.1) is 11.3 Å². The van der Waals surface area contributed by atoms with Crippen molar-refractivity contribution >= 4 is 16.8 Å². The first-order chi connectivity index (χ1) is 8.76. The molecule has 0 saturated heterocycles. The number of hydrogen-bond donors (Lipinski definition) is 2. The predicted molar refractivity (Wildman–Crippen MR) is 68.5 cm³/mol. The highest BCUT2D eigenvalue weighted by Crippen LogP contribution is 2.19. The van der Waals surface area contributed by atoms with E-state index in [9.17, 15) is 4.79 Å². The third-order valence-corrected chi connectivity index (χ3v) is 2.77. The Labute approximate surface area is 105 Å². The SMILES string of the molecule is N#CCNC(=O)Cn1ccc2cccc(CN)c21. The van der Waals surface area contributed by atoms with Crippen LogP contribution >= 0.6 is 0 Å². The second-order valence-corrected chi connectivity index (χ2v) is 3.94. The first kappa shape index (κ1) is 12.1. The highest BCUT2D eigenvalue weighted by molar-refractivity contribution is 5.85. The molecule has 0 radical (unpaired) electrons. The Morgan fingerprint density at radius 2 is 2.28 bits per heavy atom. The Bertz CT molecular complexity index is 609. The fraction of sp³-hybridized carbons (Fsp3) is 0.231. The minimum absolute atomic E-state index is 0.0295. The molecule has 1 aromatic heterocycles. The van der Waals surface area contributed by atoms with Crippen molar-refractivity contribution < 1.29 is 4.79 Å². The van der Waals surface area contributed by atoms with E-state index in [1.54, 1.807) is 0 Å². The first-order valence-electron chi connectivity index (χ1n) is 5.66. The molecule has 0 aliphatic carbocycles. The van der Waals surface area contributed by atoms with Gasteiger partial charge in [-0.1, -0.05) is 18.2 Å². The number of aromatic nitrogens is 1. The smallest absolute Gasteiger partial charge is 0.240 e. The van der Waals surface area contributed by atoms with Gasteiger partial charge in [0.25, 0.3) is 0 Å². The number of carbonyl (C=O) groups excluding carboxylic acids is 1. The summed E-state index contributed by atoms with van der Waals surface area (Å²) >= 11 is 0. The van der Waals surface area contributed by atoms with E-state index in [4.69, 9.17) is 11.0 Å². The van der Waals surface area contributed by atoms with Gasteiger partial charge in [0.15, 0.2) is 0 Å². The van der Waals surface area contributed by atoms with E-state index in [1.165, 1.54) is 0 Å². The number of nitrogens with two attached hydrogens (primary N) is 1. The summed E-state index contributed by atoms with van der Waals surface area (Å²) in [6.45, 7) is 0.658. The zero-order chi connectivity index (χ0) is 13.0. The number of amides is 1. The maximum atomic E-state index is 11.6. The minimum atomic E-state index is -0.180. The topological polar surface area (TPSA) is 83.8 Å². The molecule has 3 N–H and O–H groups in total. The highest BCUT2D eigenvalue weighted by atomic mass is 16.1. The number of fused-ring (bicyclic) bond motifs is 1. The second-order valence-electron chi connectivity index (χ2n) is 3.94. The number of carbonyl (C=O) groups is 1. The molecule has 0 fully saturated rings. The molecule has 1 heterocycles. The summed E-state index contributed by atoms with van der Waals surface area (Å²) in [5, 5.41) is 12.0. The lowest BCUT2D eigenvalue weighted by molar-refractivity contribution is -0.121. The van der Waals surface area contributed by atoms with Crippen LogP contribution in [-0.4, -0.2) is 17.0 Å². The van der Waals surface area contributed by atoms with Gasteiger partial charge in [-0.25, -0.2) is 0 Å². The van der Waals surface area contributed by atoms with Crippen molar-refractivity contribution in [2.45, 2.75) is 13.1 Å². The fourth-order valence-corrected chi connectivity index (χ4v) is 1.99. The van der Waals surface area contributed by atoms with E-state index in [0.29, 0.717) is 6.54 Å². The van der Waals surface area contributed by atoms with Gasteiger partial charge >= 0.3 is 0 Å². The largest absolute Gasteiger partial charge is 0.341 e. The van der Waals surface area contributed by atoms with Crippen molar-refractivity contribution in [2.24, 2.45) is 5.73 Å². The molecule has 0 atom stereocenters. The van der Waals surface area contributed by atoms with Crippen LogP contribution in [0.3, 0.4) is 0 Å². The molecule has 5 nitrogen and oxygen atoms in total. The van der Waals surface area contributed by atoms with E-state index < -0.39 is 0 Å². The van der Waals surface area contributed by atoms with Crippen molar-refractivity contribution in [3.8, 4) is 6.07 Å². The summed E-state index contributed by atoms with van der Waals surface area (Å²) in [5.41, 5.74) is 7.68. The summed E-state index contributed by atoms with van der Waals surface area (Å²) < 4.78 is 1.85. The van der Waals surface area contributed by atoms with Crippen LogP contribution in [-0.2, 0) is 17.9 Å². The molecule has 0 bridgehead atoms. The lowest BCUT2D eigenvalue weighted by Gasteiger charge is -2.08. The van der Waals surface area contributed by atoms with E-state index in [1.807, 2.05) is 41.1 Å². The Kier molecular flexibility index (Phi) is 3.60. The molecule has 2 aromatic rings. The van der Waals surface area contributed by atoms with Gasteiger partial charge in [0.05, 0.1) is 11.6 Å². The predicted octanol–water partition coefficient (Wildman–Crippen LogP) is 0.740. The molecular formula is C13H14N4O. The van der Waals surface area contributed by atoms with E-state index >= 15 is 0 Å². The normalized spacial score (nSPS) is 10.2. The third-order valence-electron chi connectivity index (χ3n) is 2.77. The van der Waals surface area contributed by atoms with Gasteiger partial charge < -0.3 is 15.6 Å². The Morgan fingerprint density at radius 3 is 3.00 bits per heavy atom. The Balaban J connectivity index is 2.29. The van der Waals surface area contributed by atoms with Gasteiger partial charge in [-0.05, 0) is 17.0 Å². The highest BCUT2D eigenvalue weighted by Gasteiger charge is 2.08. The first-order valence-corrected chi connectivity index (χ1v) is 5.66. The van der Waals surface area contributed by atoms with Gasteiger partial charge in [-0.3, -0.25) is 4.79 Å². The molecule has 92 valence electrons. The quantitative estimate of drug-likeness (QED) is 0.775. The van der Waals surface area contributed by atoms with Crippen LogP contribution in [0.25, 0.3) is 10.9 Å². The van der Waals surface area contributed by atoms with E-state index in [2.05, 4.69) is 5.32 Å². The molecule has 0 aliphatic heterocycles. The Hall–Kier alpha value is -2.32. The number of nitrogens with one attached hydrogen (secondary N) is 1. The van der Waals surface area contributed by atoms with Crippen molar-refractivity contribution in [3.05, 3.63) is 36.0 Å². The van der Waals surface area contributed by atoms with Gasteiger partial charge in [0.2, 0.25) is 5.91 Å². The number of para-hydroxylation sites is 1. The summed E-state index contributed by atoms with van der Waals surface area (Å²) in [7, 11) is 0. The monoisotopic (exact) mass is 242 g/mol. The van der Waals surface area contributed by atoms with Crippen LogP contribution in [0.15, 0.2) is 30.5 Å². The van der Waals surface area contributed by atoms with Crippen molar-refractivity contribution in [1.29, 1.82) is 5.26 Å². The zero-order valence-corrected chi connectivity index (χ0v) is 9.89. The number of hydrogen-bond acceptors (Lipinski definition) is 3. The molecule has 18 heavy (non-hydrogen) atoms. The van der Waals surface area contributed by atoms with Crippen molar-refractivity contribution in [1.82, 2.24) is 9.88 Å². The number of benzene rings is 1. The second kappa shape index (κ2) is 5.34. The molecule has 0 saturated carbocycles. The summed E-state index contributed by atoms with van der Waals surface area (Å²) in [6, 6.07) is 9.71. The number of rotatable bonds is 4. The molecule has 5 heteroatoms. The molecule has 1 aromatic carbocycles. The standard InChI is InChI=1S/C13H14N4O/c14-5-6-16-12(18)9-17-7-4-10-2-1-3-11(8-15)13(10)17/h1-4,7H,6,8-9,15H2,(H,16,18). The average Bonchev–Trinajstić information content (AvgIpc) is 2.79. The molecular weight excluding hydrogens is 228 g/mol. The van der Waals surface area contributed by atoms with Crippen LogP contribution in [0.1, 0.15) is 5.56 Å². The van der Waals surface area contributed by atoms with Crippen LogP contribution in [0.5, 0.6) is 0 Å². The summed E-state index contributed by atoms with van der Waals surface area (Å²) in [5.74, 6) is -0.180. The van der Waals surface area contributed by atoms with E-state index in [0.717, 1.165) is 16.5 Å². The Morgan fingerprint density at radius 1 is 1.44 bits per heavy atom. The van der Waals surface area contributed by atoms with Gasteiger partial charge in [0.1, 0.15) is 13.1 Å². The average molecular weight is 242 g/mol. The number of nitriles is 1. The third kappa shape index (κ3) is 2.34. The summed E-state index contributed by atoms with van der Waals surface area (Å²) in [4.78, 5) is 11.6. The maximum absolute atomic E-state index is 11.6. The zero-order valence-electron chi connectivity index (χ0n) is 9.89. The van der Waals surface area contributed by atoms with Crippen molar-refractivity contribution in [2.75, 3.05) is 6.54 Å². The minimum Gasteiger partial charge on any atom is -0.341 e. The van der Waals surface area contributed by atoms with Gasteiger partial charge in [-0.2, -0.15) is 5.26 Å². The van der Waals surface area contributed by atoms with Crippen LogP contribution in [0.4, 0.5) is 0 Å². The van der Waals surface area contributed by atoms with Gasteiger partial charge in [0, 0.05) is 12.7 Å². The molecule has 2 rings (SSSR count). The maximum Gasteiger partial charge on any atom is 0.240 e. The van der Waals surface area contributed by atoms with Crippen molar-refractivity contribution in [3.63, 3.8) is 0 Å². The lowest BCUT2D eigenvalue weighted by Crippen LogP contribution is -2.27. The van der Waals surface area contributed by atoms with Crippen LogP contribution in [0.2, 0.25) is 0 Å². The molecule has 0 aliphatic rings. The number of nitrogens with zero attached hydrogens (tertiary/aromatic N) is 2. The molecule has 0 spiro atoms. The molecule has 0 unspecified atom stereocenters. The van der Waals surface area contributed by atoms with E-state index in [-0.39, 0.29) is 19.0 Å². The fourth-order valence-electron chi connectivity index (χ4n) is 1.99. The molecule has 1 amide bonds.